The monoisotopic (exact) mass is 439 g/mol. The number of likely N-dealkylation sites (tertiary alicyclic amines) is 1. The van der Waals surface area contributed by atoms with Gasteiger partial charge in [-0.15, -0.1) is 0 Å². The van der Waals surface area contributed by atoms with E-state index in [2.05, 4.69) is 22.1 Å². The lowest BCUT2D eigenvalue weighted by atomic mass is 9.90. The molecule has 1 unspecified atom stereocenters. The first kappa shape index (κ1) is 21.1. The van der Waals surface area contributed by atoms with Gasteiger partial charge in [-0.2, -0.15) is 0 Å². The number of aryl methyl sites for hydroxylation is 2. The highest BCUT2D eigenvalue weighted by atomic mass is 16.3. The second-order valence-electron chi connectivity index (χ2n) is 8.47. The van der Waals surface area contributed by atoms with E-state index in [1.54, 1.807) is 41.6 Å². The topological polar surface area (TPSA) is 76.3 Å². The maximum Gasteiger partial charge on any atom is 0.253 e. The summed E-state index contributed by atoms with van der Waals surface area (Å²) in [4.78, 5) is 36.5. The van der Waals surface area contributed by atoms with E-state index in [4.69, 9.17) is 4.42 Å². The highest BCUT2D eigenvalue weighted by Crippen LogP contribution is 2.24. The predicted octanol–water partition coefficient (Wildman–Crippen LogP) is 4.74. The Labute approximate surface area is 192 Å². The fourth-order valence-electron chi connectivity index (χ4n) is 4.41. The van der Waals surface area contributed by atoms with E-state index in [1.165, 1.54) is 5.56 Å². The molecule has 1 fully saturated rings. The van der Waals surface area contributed by atoms with Gasteiger partial charge in [0.05, 0.1) is 0 Å². The quantitative estimate of drug-likeness (QED) is 0.406. The molecule has 1 aliphatic heterocycles. The molecule has 4 aromatic rings. The maximum atomic E-state index is 13.2. The molecule has 166 valence electrons. The van der Waals surface area contributed by atoms with Crippen LogP contribution in [0.4, 0.5) is 0 Å². The van der Waals surface area contributed by atoms with Crippen molar-refractivity contribution in [3.63, 3.8) is 0 Å². The van der Waals surface area contributed by atoms with Gasteiger partial charge in [-0.05, 0) is 55.2 Å². The van der Waals surface area contributed by atoms with Gasteiger partial charge in [0.1, 0.15) is 5.52 Å². The van der Waals surface area contributed by atoms with Crippen LogP contribution >= 0.6 is 0 Å². The van der Waals surface area contributed by atoms with Crippen molar-refractivity contribution in [3.05, 3.63) is 95.6 Å². The average molecular weight is 440 g/mol. The van der Waals surface area contributed by atoms with Crippen molar-refractivity contribution >= 4 is 22.8 Å². The number of amides is 1. The lowest BCUT2D eigenvalue weighted by Crippen LogP contribution is -2.42. The molecule has 33 heavy (non-hydrogen) atoms. The zero-order chi connectivity index (χ0) is 22.6. The molecule has 1 amide bonds. The van der Waals surface area contributed by atoms with Gasteiger partial charge in [-0.3, -0.25) is 14.6 Å². The van der Waals surface area contributed by atoms with E-state index in [-0.39, 0.29) is 17.6 Å². The van der Waals surface area contributed by atoms with Crippen LogP contribution in [0.2, 0.25) is 0 Å². The molecular formula is C27H25N3O3. The van der Waals surface area contributed by atoms with Crippen LogP contribution in [-0.4, -0.2) is 39.6 Å². The van der Waals surface area contributed by atoms with Crippen molar-refractivity contribution in [2.45, 2.75) is 25.7 Å². The Morgan fingerprint density at radius 3 is 2.70 bits per heavy atom. The van der Waals surface area contributed by atoms with E-state index in [0.717, 1.165) is 19.3 Å². The van der Waals surface area contributed by atoms with Crippen LogP contribution in [0.25, 0.3) is 11.1 Å². The summed E-state index contributed by atoms with van der Waals surface area (Å²) < 4.78 is 5.88. The normalized spacial score (nSPS) is 16.1. The third-order valence-electron chi connectivity index (χ3n) is 6.17. The van der Waals surface area contributed by atoms with Gasteiger partial charge in [0, 0.05) is 48.9 Å². The number of hydrogen-bond acceptors (Lipinski definition) is 5. The van der Waals surface area contributed by atoms with Crippen molar-refractivity contribution in [3.8, 4) is 0 Å². The fourth-order valence-corrected chi connectivity index (χ4v) is 4.41. The minimum Gasteiger partial charge on any atom is -0.441 e. The molecule has 0 bridgehead atoms. The molecule has 0 saturated carbocycles. The third kappa shape index (κ3) is 4.70. The number of hydrogen-bond donors (Lipinski definition) is 0. The van der Waals surface area contributed by atoms with Gasteiger partial charge in [-0.25, -0.2) is 4.98 Å². The number of Topliss-reactive ketones (excluding diaryl/α,β-unsaturated/α-hetero) is 1. The Morgan fingerprint density at radius 1 is 1.00 bits per heavy atom. The first-order valence-corrected chi connectivity index (χ1v) is 11.3. The number of fused-ring (bicyclic) bond motifs is 1. The van der Waals surface area contributed by atoms with Crippen LogP contribution in [0.1, 0.15) is 45.0 Å². The van der Waals surface area contributed by atoms with E-state index in [9.17, 15) is 9.59 Å². The second-order valence-corrected chi connectivity index (χ2v) is 8.47. The highest BCUT2D eigenvalue weighted by Gasteiger charge is 2.29. The lowest BCUT2D eigenvalue weighted by Gasteiger charge is -2.32. The lowest BCUT2D eigenvalue weighted by molar-refractivity contribution is 0.0637. The number of aromatic nitrogens is 2. The van der Waals surface area contributed by atoms with E-state index in [0.29, 0.717) is 47.6 Å². The third-order valence-corrected chi connectivity index (χ3v) is 6.17. The zero-order valence-electron chi connectivity index (χ0n) is 18.3. The Hall–Kier alpha value is -3.80. The first-order valence-electron chi connectivity index (χ1n) is 11.3. The van der Waals surface area contributed by atoms with E-state index >= 15 is 0 Å². The van der Waals surface area contributed by atoms with Crippen molar-refractivity contribution < 1.29 is 14.0 Å². The molecule has 0 spiro atoms. The minimum atomic E-state index is -0.202. The number of rotatable bonds is 6. The van der Waals surface area contributed by atoms with Crippen molar-refractivity contribution in [1.82, 2.24) is 14.9 Å². The Bertz CT molecular complexity index is 1270. The SMILES string of the molecule is O=C(c1cccnc1)C1CCCN(C(=O)c2ccc3oc(CCc4ccccc4)nc3c2)C1. The van der Waals surface area contributed by atoms with Crippen molar-refractivity contribution in [1.29, 1.82) is 0 Å². The summed E-state index contributed by atoms with van der Waals surface area (Å²) >= 11 is 0. The van der Waals surface area contributed by atoms with Crippen LogP contribution in [-0.2, 0) is 12.8 Å². The molecule has 5 rings (SSSR count). The van der Waals surface area contributed by atoms with Gasteiger partial charge in [-0.1, -0.05) is 30.3 Å². The number of carbonyl (C=O) groups excluding carboxylic acids is 2. The molecule has 1 atom stereocenters. The molecular weight excluding hydrogens is 414 g/mol. The molecule has 0 radical (unpaired) electrons. The molecule has 1 saturated heterocycles. The average Bonchev–Trinajstić information content (AvgIpc) is 3.30. The minimum absolute atomic E-state index is 0.0515. The van der Waals surface area contributed by atoms with Crippen LogP contribution in [0.5, 0.6) is 0 Å². The summed E-state index contributed by atoms with van der Waals surface area (Å²) in [6, 6.07) is 19.1. The van der Waals surface area contributed by atoms with E-state index < -0.39 is 0 Å². The number of oxazole rings is 1. The molecule has 0 N–H and O–H groups in total. The molecule has 6 heteroatoms. The number of nitrogens with zero attached hydrogens (tertiary/aromatic N) is 3. The Kier molecular flexibility index (Phi) is 5.98. The van der Waals surface area contributed by atoms with Crippen LogP contribution < -0.4 is 0 Å². The molecule has 3 heterocycles. The van der Waals surface area contributed by atoms with Crippen molar-refractivity contribution in [2.24, 2.45) is 5.92 Å². The molecule has 2 aromatic heterocycles. The number of ketones is 1. The molecule has 1 aliphatic rings. The Morgan fingerprint density at radius 2 is 1.88 bits per heavy atom. The van der Waals surface area contributed by atoms with Crippen LogP contribution in [0, 0.1) is 5.92 Å². The van der Waals surface area contributed by atoms with Crippen LogP contribution in [0.3, 0.4) is 0 Å². The summed E-state index contributed by atoms with van der Waals surface area (Å²) in [6.45, 7) is 1.07. The zero-order valence-corrected chi connectivity index (χ0v) is 18.3. The Balaban J connectivity index is 1.28. The summed E-state index contributed by atoms with van der Waals surface area (Å²) in [5.41, 5.74) is 3.77. The maximum absolute atomic E-state index is 13.2. The highest BCUT2D eigenvalue weighted by molar-refractivity contribution is 6.00. The summed E-state index contributed by atoms with van der Waals surface area (Å²) in [7, 11) is 0. The number of benzene rings is 2. The van der Waals surface area contributed by atoms with Crippen LogP contribution in [0.15, 0.2) is 77.5 Å². The number of pyridine rings is 1. The fraction of sp³-hybridized carbons (Fsp3) is 0.259. The summed E-state index contributed by atoms with van der Waals surface area (Å²) in [6.07, 6.45) is 6.38. The smallest absolute Gasteiger partial charge is 0.253 e. The molecule has 2 aromatic carbocycles. The standard InChI is InChI=1S/C27H25N3O3/c31-26(21-8-4-14-28-17-21)22-9-5-15-30(18-22)27(32)20-11-12-24-23(16-20)29-25(33-24)13-10-19-6-2-1-3-7-19/h1-4,6-8,11-12,14,16-17,22H,5,9-10,13,15,18H2. The second kappa shape index (κ2) is 9.36. The molecule has 6 nitrogen and oxygen atoms in total. The van der Waals surface area contributed by atoms with Crippen molar-refractivity contribution in [2.75, 3.05) is 13.1 Å². The number of carbonyl (C=O) groups is 2. The molecule has 0 aliphatic carbocycles. The summed E-state index contributed by atoms with van der Waals surface area (Å²) in [5, 5.41) is 0. The number of piperidine rings is 1. The predicted molar refractivity (Wildman–Crippen MR) is 125 cm³/mol. The van der Waals surface area contributed by atoms with E-state index in [1.807, 2.05) is 24.3 Å². The van der Waals surface area contributed by atoms with Gasteiger partial charge in [0.2, 0.25) is 0 Å². The van der Waals surface area contributed by atoms with Gasteiger partial charge < -0.3 is 9.32 Å². The summed E-state index contributed by atoms with van der Waals surface area (Å²) in [5.74, 6) is 0.441. The largest absolute Gasteiger partial charge is 0.441 e. The van der Waals surface area contributed by atoms with Gasteiger partial charge in [0.15, 0.2) is 17.3 Å². The first-order chi connectivity index (χ1) is 16.2. The van der Waals surface area contributed by atoms with Gasteiger partial charge in [0.25, 0.3) is 5.91 Å². The van der Waals surface area contributed by atoms with Gasteiger partial charge >= 0.3 is 0 Å².